The molecule has 2 N–H and O–H groups in total. The lowest BCUT2D eigenvalue weighted by molar-refractivity contribution is -0.135. The van der Waals surface area contributed by atoms with Crippen LogP contribution in [0.4, 0.5) is 0 Å². The van der Waals surface area contributed by atoms with E-state index in [0.717, 1.165) is 0 Å². The van der Waals surface area contributed by atoms with E-state index in [-0.39, 0.29) is 35.1 Å². The molecule has 2 aliphatic heterocycles. The molecule has 0 spiro atoms. The minimum absolute atomic E-state index is 0.0834. The molecular weight excluding hydrogens is 314 g/mol. The summed E-state index contributed by atoms with van der Waals surface area (Å²) in [5.41, 5.74) is 6.99. The van der Waals surface area contributed by atoms with Crippen LogP contribution in [0.5, 0.6) is 0 Å². The Hall–Kier alpha value is -1.88. The topological polar surface area (TPSA) is 66.6 Å². The molecule has 0 bridgehead atoms. The summed E-state index contributed by atoms with van der Waals surface area (Å²) in [7, 11) is 0. The van der Waals surface area contributed by atoms with E-state index >= 15 is 0 Å². The number of rotatable bonds is 3. The fraction of sp³-hybridized carbons (Fsp3) is 0.600. The standard InChI is InChI=1S/C20H29N3O2/c1-20(2,3)23-12-15(9-18(23)24)19(25)22-11-16(10-21)17(13-22)14-7-5-4-6-8-14/h4-8,15-17H,9-13,21H2,1-3H3/t15?,16-,17+/m1/s1. The molecule has 0 radical (unpaired) electrons. The van der Waals surface area contributed by atoms with Gasteiger partial charge in [-0.3, -0.25) is 9.59 Å². The Morgan fingerprint density at radius 2 is 1.84 bits per heavy atom. The summed E-state index contributed by atoms with van der Waals surface area (Å²) >= 11 is 0. The molecule has 5 nitrogen and oxygen atoms in total. The Labute approximate surface area is 150 Å². The van der Waals surface area contributed by atoms with Crippen molar-refractivity contribution in [3.63, 3.8) is 0 Å². The normalized spacial score (nSPS) is 27.2. The maximum absolute atomic E-state index is 13.0. The zero-order chi connectivity index (χ0) is 18.2. The number of carbonyl (C=O) groups excluding carboxylic acids is 2. The van der Waals surface area contributed by atoms with Gasteiger partial charge in [-0.25, -0.2) is 0 Å². The molecule has 0 aromatic heterocycles. The highest BCUT2D eigenvalue weighted by atomic mass is 16.2. The third-order valence-electron chi connectivity index (χ3n) is 5.57. The Bertz CT molecular complexity index is 638. The molecule has 2 aliphatic rings. The average molecular weight is 343 g/mol. The van der Waals surface area contributed by atoms with E-state index in [1.165, 1.54) is 5.56 Å². The zero-order valence-corrected chi connectivity index (χ0v) is 15.4. The number of hydrogen-bond acceptors (Lipinski definition) is 3. The van der Waals surface area contributed by atoms with Crippen LogP contribution in [0.2, 0.25) is 0 Å². The fourth-order valence-electron chi connectivity index (χ4n) is 4.15. The minimum Gasteiger partial charge on any atom is -0.341 e. The first-order valence-electron chi connectivity index (χ1n) is 9.15. The Balaban J connectivity index is 1.71. The van der Waals surface area contributed by atoms with Crippen LogP contribution in [0.25, 0.3) is 0 Å². The quantitative estimate of drug-likeness (QED) is 0.910. The third kappa shape index (κ3) is 3.56. The van der Waals surface area contributed by atoms with Crippen LogP contribution in [0.1, 0.15) is 38.7 Å². The minimum atomic E-state index is -0.233. The van der Waals surface area contributed by atoms with E-state index in [1.54, 1.807) is 0 Å². The Kier molecular flexibility index (Phi) is 4.87. The van der Waals surface area contributed by atoms with Crippen LogP contribution in [0.15, 0.2) is 30.3 Å². The molecule has 25 heavy (non-hydrogen) atoms. The molecule has 5 heteroatoms. The van der Waals surface area contributed by atoms with Crippen LogP contribution in [0, 0.1) is 11.8 Å². The molecule has 1 aromatic carbocycles. The highest BCUT2D eigenvalue weighted by molar-refractivity contribution is 5.89. The molecule has 3 rings (SSSR count). The summed E-state index contributed by atoms with van der Waals surface area (Å²) in [6.07, 6.45) is 0.329. The van der Waals surface area contributed by atoms with E-state index < -0.39 is 0 Å². The van der Waals surface area contributed by atoms with Gasteiger partial charge in [0, 0.05) is 37.5 Å². The molecular formula is C20H29N3O2. The van der Waals surface area contributed by atoms with Gasteiger partial charge in [-0.15, -0.1) is 0 Å². The monoisotopic (exact) mass is 343 g/mol. The molecule has 1 aromatic rings. The first kappa shape index (κ1) is 17.9. The van der Waals surface area contributed by atoms with Gasteiger partial charge in [-0.1, -0.05) is 30.3 Å². The highest BCUT2D eigenvalue weighted by Crippen LogP contribution is 2.34. The second-order valence-corrected chi connectivity index (χ2v) is 8.33. The maximum Gasteiger partial charge on any atom is 0.228 e. The van der Waals surface area contributed by atoms with Crippen molar-refractivity contribution in [3.8, 4) is 0 Å². The lowest BCUT2D eigenvalue weighted by atomic mass is 9.89. The summed E-state index contributed by atoms with van der Waals surface area (Å²) < 4.78 is 0. The van der Waals surface area contributed by atoms with Crippen molar-refractivity contribution in [1.82, 2.24) is 9.80 Å². The zero-order valence-electron chi connectivity index (χ0n) is 15.4. The molecule has 0 aliphatic carbocycles. The summed E-state index contributed by atoms with van der Waals surface area (Å²) in [4.78, 5) is 29.1. The highest BCUT2D eigenvalue weighted by Gasteiger charge is 2.43. The fourth-order valence-corrected chi connectivity index (χ4v) is 4.15. The van der Waals surface area contributed by atoms with Crippen molar-refractivity contribution in [1.29, 1.82) is 0 Å². The van der Waals surface area contributed by atoms with Gasteiger partial charge < -0.3 is 15.5 Å². The van der Waals surface area contributed by atoms with E-state index in [0.29, 0.717) is 32.6 Å². The maximum atomic E-state index is 13.0. The van der Waals surface area contributed by atoms with Crippen molar-refractivity contribution in [2.45, 2.75) is 38.6 Å². The molecule has 2 fully saturated rings. The number of hydrogen-bond donors (Lipinski definition) is 1. The lowest BCUT2D eigenvalue weighted by Gasteiger charge is -2.32. The average Bonchev–Trinajstić information content (AvgIpc) is 3.18. The van der Waals surface area contributed by atoms with E-state index in [9.17, 15) is 9.59 Å². The third-order valence-corrected chi connectivity index (χ3v) is 5.57. The van der Waals surface area contributed by atoms with Crippen LogP contribution >= 0.6 is 0 Å². The van der Waals surface area contributed by atoms with E-state index in [4.69, 9.17) is 5.73 Å². The predicted octanol–water partition coefficient (Wildman–Crippen LogP) is 1.83. The van der Waals surface area contributed by atoms with Crippen LogP contribution in [0.3, 0.4) is 0 Å². The number of benzene rings is 1. The molecule has 2 heterocycles. The Morgan fingerprint density at radius 1 is 1.16 bits per heavy atom. The van der Waals surface area contributed by atoms with Crippen molar-refractivity contribution in [3.05, 3.63) is 35.9 Å². The summed E-state index contributed by atoms with van der Waals surface area (Å²) in [5, 5.41) is 0. The number of nitrogens with zero attached hydrogens (tertiary/aromatic N) is 2. The number of amides is 2. The van der Waals surface area contributed by atoms with E-state index in [1.807, 2.05) is 48.8 Å². The molecule has 0 saturated carbocycles. The molecule has 2 saturated heterocycles. The molecule has 136 valence electrons. The first-order chi connectivity index (χ1) is 11.8. The van der Waals surface area contributed by atoms with Gasteiger partial charge in [0.2, 0.25) is 11.8 Å². The van der Waals surface area contributed by atoms with Gasteiger partial charge in [-0.2, -0.15) is 0 Å². The molecule has 1 unspecified atom stereocenters. The lowest BCUT2D eigenvalue weighted by Crippen LogP contribution is -2.43. The van der Waals surface area contributed by atoms with Crippen LogP contribution in [-0.2, 0) is 9.59 Å². The van der Waals surface area contributed by atoms with Crippen LogP contribution < -0.4 is 5.73 Å². The first-order valence-corrected chi connectivity index (χ1v) is 9.15. The van der Waals surface area contributed by atoms with E-state index in [2.05, 4.69) is 12.1 Å². The summed E-state index contributed by atoms with van der Waals surface area (Å²) in [6.45, 7) is 8.54. The second kappa shape index (κ2) is 6.79. The van der Waals surface area contributed by atoms with Crippen LogP contribution in [-0.4, -0.2) is 53.3 Å². The summed E-state index contributed by atoms with van der Waals surface area (Å²) in [5.74, 6) is 0.532. The van der Waals surface area contributed by atoms with Gasteiger partial charge in [-0.05, 0) is 38.8 Å². The number of nitrogens with two attached hydrogens (primary N) is 1. The Morgan fingerprint density at radius 3 is 2.40 bits per heavy atom. The largest absolute Gasteiger partial charge is 0.341 e. The van der Waals surface area contributed by atoms with Crippen molar-refractivity contribution in [2.24, 2.45) is 17.6 Å². The smallest absolute Gasteiger partial charge is 0.228 e. The SMILES string of the molecule is CC(C)(C)N1CC(C(=O)N2C[C@@H](CN)[C@H](c3ccccc3)C2)CC1=O. The number of carbonyl (C=O) groups is 2. The van der Waals surface area contributed by atoms with Gasteiger partial charge in [0.1, 0.15) is 0 Å². The summed E-state index contributed by atoms with van der Waals surface area (Å²) in [6, 6.07) is 10.3. The van der Waals surface area contributed by atoms with Gasteiger partial charge in [0.05, 0.1) is 5.92 Å². The predicted molar refractivity (Wildman–Crippen MR) is 97.9 cm³/mol. The van der Waals surface area contributed by atoms with Gasteiger partial charge in [0.15, 0.2) is 0 Å². The second-order valence-electron chi connectivity index (χ2n) is 8.33. The van der Waals surface area contributed by atoms with Crippen molar-refractivity contribution in [2.75, 3.05) is 26.2 Å². The van der Waals surface area contributed by atoms with Crippen molar-refractivity contribution < 1.29 is 9.59 Å². The van der Waals surface area contributed by atoms with Crippen molar-refractivity contribution >= 4 is 11.8 Å². The molecule has 2 amide bonds. The number of likely N-dealkylation sites (tertiary alicyclic amines) is 2. The van der Waals surface area contributed by atoms with Gasteiger partial charge >= 0.3 is 0 Å². The van der Waals surface area contributed by atoms with Gasteiger partial charge in [0.25, 0.3) is 0 Å². The molecule has 3 atom stereocenters.